The summed E-state index contributed by atoms with van der Waals surface area (Å²) in [4.78, 5) is 28.4. The smallest absolute Gasteiger partial charge is 0.253 e. The summed E-state index contributed by atoms with van der Waals surface area (Å²) in [6.07, 6.45) is 0.661. The molecule has 1 saturated heterocycles. The summed E-state index contributed by atoms with van der Waals surface area (Å²) >= 11 is 0. The summed E-state index contributed by atoms with van der Waals surface area (Å²) < 4.78 is 22.8. The van der Waals surface area contributed by atoms with Crippen molar-refractivity contribution >= 4 is 21.8 Å². The van der Waals surface area contributed by atoms with E-state index in [4.69, 9.17) is 5.14 Å². The number of primary sulfonamides is 1. The van der Waals surface area contributed by atoms with Crippen molar-refractivity contribution in [3.05, 3.63) is 65.7 Å². The number of hydrogen-bond acceptors (Lipinski definition) is 4. The molecule has 1 aliphatic heterocycles. The SMILES string of the molecule is CC(=O)N1CCN(C(=O)c2ccc(S(N)(=O)=O)cc2)C[C@@H]1Cc1ccccc1. The van der Waals surface area contributed by atoms with Crippen LogP contribution in [0.2, 0.25) is 0 Å². The van der Waals surface area contributed by atoms with Gasteiger partial charge < -0.3 is 9.80 Å². The number of piperazine rings is 1. The second-order valence-corrected chi connectivity index (χ2v) is 8.44. The Hall–Kier alpha value is -2.71. The Morgan fingerprint density at radius 2 is 1.68 bits per heavy atom. The molecule has 0 spiro atoms. The van der Waals surface area contributed by atoms with Gasteiger partial charge in [0, 0.05) is 32.1 Å². The standard InChI is InChI=1S/C20H23N3O4S/c1-15(24)23-12-11-22(14-18(23)13-16-5-3-2-4-6-16)20(25)17-7-9-19(10-8-17)28(21,26)27/h2-10,18H,11-14H2,1H3,(H2,21,26,27)/t18-/m0/s1. The van der Waals surface area contributed by atoms with Gasteiger partial charge in [-0.15, -0.1) is 0 Å². The van der Waals surface area contributed by atoms with E-state index in [0.717, 1.165) is 5.56 Å². The third-order valence-electron chi connectivity index (χ3n) is 4.92. The quantitative estimate of drug-likeness (QED) is 0.833. The molecule has 0 radical (unpaired) electrons. The lowest BCUT2D eigenvalue weighted by Crippen LogP contribution is -2.56. The highest BCUT2D eigenvalue weighted by Gasteiger charge is 2.31. The molecule has 1 fully saturated rings. The minimum atomic E-state index is -3.80. The molecule has 148 valence electrons. The van der Waals surface area contributed by atoms with Gasteiger partial charge in [-0.25, -0.2) is 13.6 Å². The second kappa shape index (κ2) is 8.12. The number of amides is 2. The van der Waals surface area contributed by atoms with Crippen molar-refractivity contribution in [2.75, 3.05) is 19.6 Å². The first-order chi connectivity index (χ1) is 13.3. The molecule has 28 heavy (non-hydrogen) atoms. The zero-order valence-corrected chi connectivity index (χ0v) is 16.4. The summed E-state index contributed by atoms with van der Waals surface area (Å²) in [5, 5.41) is 5.10. The molecule has 7 nitrogen and oxygen atoms in total. The van der Waals surface area contributed by atoms with E-state index in [1.165, 1.54) is 24.3 Å². The number of rotatable bonds is 4. The van der Waals surface area contributed by atoms with Crippen molar-refractivity contribution in [2.24, 2.45) is 5.14 Å². The number of carbonyl (C=O) groups is 2. The molecule has 2 aromatic rings. The first-order valence-corrected chi connectivity index (χ1v) is 10.5. The van der Waals surface area contributed by atoms with Crippen molar-refractivity contribution in [2.45, 2.75) is 24.3 Å². The topological polar surface area (TPSA) is 101 Å². The lowest BCUT2D eigenvalue weighted by atomic mass is 10.0. The van der Waals surface area contributed by atoms with Crippen LogP contribution in [0.15, 0.2) is 59.5 Å². The van der Waals surface area contributed by atoms with Gasteiger partial charge in [-0.2, -0.15) is 0 Å². The second-order valence-electron chi connectivity index (χ2n) is 6.88. The highest BCUT2D eigenvalue weighted by Crippen LogP contribution is 2.18. The summed E-state index contributed by atoms with van der Waals surface area (Å²) in [7, 11) is -3.80. The fourth-order valence-corrected chi connectivity index (χ4v) is 4.00. The molecular formula is C20H23N3O4S. The van der Waals surface area contributed by atoms with Crippen LogP contribution in [0.1, 0.15) is 22.8 Å². The molecule has 0 saturated carbocycles. The van der Waals surface area contributed by atoms with Gasteiger partial charge in [-0.05, 0) is 36.2 Å². The summed E-state index contributed by atoms with van der Waals surface area (Å²) in [5.74, 6) is -0.201. The molecule has 0 bridgehead atoms. The predicted octanol–water partition coefficient (Wildman–Crippen LogP) is 1.25. The largest absolute Gasteiger partial charge is 0.336 e. The van der Waals surface area contributed by atoms with Crippen molar-refractivity contribution in [3.8, 4) is 0 Å². The third kappa shape index (κ3) is 4.58. The van der Waals surface area contributed by atoms with E-state index in [1.54, 1.807) is 16.7 Å². The molecule has 2 N–H and O–H groups in total. The maximum atomic E-state index is 12.9. The molecule has 1 heterocycles. The molecule has 3 rings (SSSR count). The zero-order chi connectivity index (χ0) is 20.3. The average Bonchev–Trinajstić information content (AvgIpc) is 2.67. The third-order valence-corrected chi connectivity index (χ3v) is 5.85. The molecule has 0 unspecified atom stereocenters. The average molecular weight is 401 g/mol. The zero-order valence-electron chi connectivity index (χ0n) is 15.6. The summed E-state index contributed by atoms with van der Waals surface area (Å²) in [6.45, 7) is 2.86. The Labute approximate surface area is 164 Å². The monoisotopic (exact) mass is 401 g/mol. The van der Waals surface area contributed by atoms with Gasteiger partial charge in [0.05, 0.1) is 10.9 Å². The van der Waals surface area contributed by atoms with Gasteiger partial charge in [-0.3, -0.25) is 9.59 Å². The maximum Gasteiger partial charge on any atom is 0.253 e. The van der Waals surface area contributed by atoms with Gasteiger partial charge in [-0.1, -0.05) is 30.3 Å². The first kappa shape index (κ1) is 20.0. The van der Waals surface area contributed by atoms with E-state index < -0.39 is 10.0 Å². The number of nitrogens with zero attached hydrogens (tertiary/aromatic N) is 2. The van der Waals surface area contributed by atoms with Crippen LogP contribution in [-0.4, -0.2) is 55.7 Å². The van der Waals surface area contributed by atoms with Gasteiger partial charge in [0.15, 0.2) is 0 Å². The summed E-state index contributed by atoms with van der Waals surface area (Å²) in [6, 6.07) is 15.3. The molecular weight excluding hydrogens is 378 g/mol. The minimum absolute atomic E-state index is 0.00876. The van der Waals surface area contributed by atoms with Crippen LogP contribution in [0.25, 0.3) is 0 Å². The van der Waals surface area contributed by atoms with E-state index in [-0.39, 0.29) is 22.8 Å². The van der Waals surface area contributed by atoms with Crippen molar-refractivity contribution in [1.29, 1.82) is 0 Å². The van der Waals surface area contributed by atoms with Gasteiger partial charge >= 0.3 is 0 Å². The molecule has 2 aromatic carbocycles. The van der Waals surface area contributed by atoms with Crippen molar-refractivity contribution in [3.63, 3.8) is 0 Å². The Bertz CT molecular complexity index is 959. The number of sulfonamides is 1. The Morgan fingerprint density at radius 3 is 2.25 bits per heavy atom. The first-order valence-electron chi connectivity index (χ1n) is 8.99. The van der Waals surface area contributed by atoms with E-state index in [1.807, 2.05) is 30.3 Å². The normalized spacial score (nSPS) is 17.4. The molecule has 2 amide bonds. The van der Waals surface area contributed by atoms with Gasteiger partial charge in [0.25, 0.3) is 5.91 Å². The highest BCUT2D eigenvalue weighted by atomic mass is 32.2. The van der Waals surface area contributed by atoms with E-state index >= 15 is 0 Å². The van der Waals surface area contributed by atoms with Crippen LogP contribution in [-0.2, 0) is 21.2 Å². The fourth-order valence-electron chi connectivity index (χ4n) is 3.48. The number of hydrogen-bond donors (Lipinski definition) is 1. The fraction of sp³-hybridized carbons (Fsp3) is 0.300. The number of nitrogens with two attached hydrogens (primary N) is 1. The number of carbonyl (C=O) groups excluding carboxylic acids is 2. The maximum absolute atomic E-state index is 12.9. The minimum Gasteiger partial charge on any atom is -0.336 e. The van der Waals surface area contributed by atoms with Gasteiger partial charge in [0.2, 0.25) is 15.9 Å². The Morgan fingerprint density at radius 1 is 1.04 bits per heavy atom. The molecule has 8 heteroatoms. The van der Waals surface area contributed by atoms with Crippen LogP contribution in [0, 0.1) is 0 Å². The van der Waals surface area contributed by atoms with Crippen LogP contribution >= 0.6 is 0 Å². The van der Waals surface area contributed by atoms with E-state index in [9.17, 15) is 18.0 Å². The van der Waals surface area contributed by atoms with E-state index in [2.05, 4.69) is 0 Å². The van der Waals surface area contributed by atoms with Crippen LogP contribution < -0.4 is 5.14 Å². The van der Waals surface area contributed by atoms with Crippen LogP contribution in [0.5, 0.6) is 0 Å². The van der Waals surface area contributed by atoms with Crippen molar-refractivity contribution in [1.82, 2.24) is 9.80 Å². The Kier molecular flexibility index (Phi) is 5.81. The molecule has 1 aliphatic rings. The molecule has 0 aliphatic carbocycles. The van der Waals surface area contributed by atoms with E-state index in [0.29, 0.717) is 31.6 Å². The molecule has 1 atom stereocenters. The number of benzene rings is 2. The van der Waals surface area contributed by atoms with Gasteiger partial charge in [0.1, 0.15) is 0 Å². The summed E-state index contributed by atoms with van der Waals surface area (Å²) in [5.41, 5.74) is 1.49. The lowest BCUT2D eigenvalue weighted by Gasteiger charge is -2.41. The van der Waals surface area contributed by atoms with Crippen LogP contribution in [0.3, 0.4) is 0 Å². The highest BCUT2D eigenvalue weighted by molar-refractivity contribution is 7.89. The lowest BCUT2D eigenvalue weighted by molar-refractivity contribution is -0.133. The Balaban J connectivity index is 1.77. The predicted molar refractivity (Wildman–Crippen MR) is 105 cm³/mol. The van der Waals surface area contributed by atoms with Crippen molar-refractivity contribution < 1.29 is 18.0 Å². The molecule has 0 aromatic heterocycles. The van der Waals surface area contributed by atoms with Crippen LogP contribution in [0.4, 0.5) is 0 Å².